The van der Waals surface area contributed by atoms with Gasteiger partial charge >= 0.3 is 41.2 Å². The van der Waals surface area contributed by atoms with Crippen molar-refractivity contribution < 1.29 is 49.4 Å². The molecule has 2 rings (SSSR count). The normalized spacial score (nSPS) is 9.86. The molecule has 1 aromatic carbocycles. The molecule has 8 nitrogen and oxygen atoms in total. The first kappa shape index (κ1) is 17.9. The standard InChI is InChI=1S/C13H10N2O6.Na/c1-6-2-4-7(5-3-6)15-9(12(19)20)8(11(17)18)10(16)14-13(15)21;/h2-5H,1H3,(H,17,18)(H,19,20)(H,14,16,21);/q;+1/p-1. The van der Waals surface area contributed by atoms with Gasteiger partial charge in [0, 0.05) is 0 Å². The van der Waals surface area contributed by atoms with Crippen LogP contribution in [0.25, 0.3) is 5.69 Å². The number of nitrogens with zero attached hydrogens (tertiary/aromatic N) is 1. The summed E-state index contributed by atoms with van der Waals surface area (Å²) in [6.07, 6.45) is 0. The van der Waals surface area contributed by atoms with Gasteiger partial charge in [-0.3, -0.25) is 14.3 Å². The molecule has 0 saturated carbocycles. The molecule has 1 aromatic heterocycles. The predicted octanol–water partition coefficient (Wildman–Crippen LogP) is -4.10. The first-order chi connectivity index (χ1) is 9.82. The second-order valence-electron chi connectivity index (χ2n) is 4.25. The molecule has 0 saturated heterocycles. The summed E-state index contributed by atoms with van der Waals surface area (Å²) in [6, 6.07) is 6.05. The zero-order valence-electron chi connectivity index (χ0n) is 11.7. The Morgan fingerprint density at radius 3 is 2.18 bits per heavy atom. The quantitative estimate of drug-likeness (QED) is 0.554. The molecular formula is C13H9N2NaO6. The summed E-state index contributed by atoms with van der Waals surface area (Å²) in [6.45, 7) is 1.78. The first-order valence-corrected chi connectivity index (χ1v) is 5.74. The number of aromatic carboxylic acids is 2. The van der Waals surface area contributed by atoms with Crippen LogP contribution < -0.4 is 45.9 Å². The summed E-state index contributed by atoms with van der Waals surface area (Å²) >= 11 is 0. The van der Waals surface area contributed by atoms with Crippen LogP contribution >= 0.6 is 0 Å². The fraction of sp³-hybridized carbons (Fsp3) is 0.0769. The Morgan fingerprint density at radius 1 is 1.18 bits per heavy atom. The molecule has 1 heterocycles. The van der Waals surface area contributed by atoms with Gasteiger partial charge in [-0.05, 0) is 19.1 Å². The molecule has 0 fully saturated rings. The molecule has 9 heteroatoms. The second kappa shape index (κ2) is 6.73. The SMILES string of the molecule is Cc1ccc(-n2c(C(=O)[O-])c(C(=O)O)c(=O)[nH]c2=O)cc1.[Na+]. The minimum Gasteiger partial charge on any atom is -0.543 e. The van der Waals surface area contributed by atoms with Crippen LogP contribution in [0.4, 0.5) is 0 Å². The Bertz CT molecular complexity index is 850. The van der Waals surface area contributed by atoms with Crippen molar-refractivity contribution in [1.82, 2.24) is 9.55 Å². The molecule has 0 bridgehead atoms. The zero-order valence-corrected chi connectivity index (χ0v) is 13.7. The number of carbonyl (C=O) groups excluding carboxylic acids is 1. The minimum absolute atomic E-state index is 0. The molecule has 0 aliphatic heterocycles. The number of H-pyrrole nitrogens is 1. The molecule has 2 N–H and O–H groups in total. The summed E-state index contributed by atoms with van der Waals surface area (Å²) in [7, 11) is 0. The van der Waals surface area contributed by atoms with Crippen LogP contribution in [0.2, 0.25) is 0 Å². The average molecular weight is 312 g/mol. The minimum atomic E-state index is -1.93. The number of carboxylic acid groups (broad SMARTS) is 2. The molecule has 0 aliphatic rings. The molecule has 2 aromatic rings. The van der Waals surface area contributed by atoms with Gasteiger partial charge in [0.1, 0.15) is 0 Å². The Morgan fingerprint density at radius 2 is 1.73 bits per heavy atom. The van der Waals surface area contributed by atoms with Gasteiger partial charge in [-0.15, -0.1) is 0 Å². The number of aromatic amines is 1. The summed E-state index contributed by atoms with van der Waals surface area (Å²) in [5.41, 5.74) is -3.47. The van der Waals surface area contributed by atoms with Crippen molar-refractivity contribution in [2.24, 2.45) is 0 Å². The van der Waals surface area contributed by atoms with Crippen molar-refractivity contribution in [3.05, 3.63) is 61.9 Å². The van der Waals surface area contributed by atoms with E-state index >= 15 is 0 Å². The van der Waals surface area contributed by atoms with E-state index in [1.807, 2.05) is 0 Å². The topological polar surface area (TPSA) is 132 Å². The maximum atomic E-state index is 11.8. The summed E-state index contributed by atoms with van der Waals surface area (Å²) in [5.74, 6) is -3.70. The number of carbonyl (C=O) groups is 2. The fourth-order valence-electron chi connectivity index (χ4n) is 1.87. The van der Waals surface area contributed by atoms with Gasteiger partial charge in [0.05, 0.1) is 17.4 Å². The van der Waals surface area contributed by atoms with E-state index < -0.39 is 34.4 Å². The monoisotopic (exact) mass is 312 g/mol. The van der Waals surface area contributed by atoms with Crippen LogP contribution in [-0.2, 0) is 0 Å². The maximum Gasteiger partial charge on any atom is 1.00 e. The number of nitrogens with one attached hydrogen (secondary N) is 1. The molecule has 108 valence electrons. The van der Waals surface area contributed by atoms with E-state index in [-0.39, 0.29) is 35.2 Å². The van der Waals surface area contributed by atoms with Crippen molar-refractivity contribution >= 4 is 11.9 Å². The van der Waals surface area contributed by atoms with Crippen molar-refractivity contribution in [2.75, 3.05) is 0 Å². The van der Waals surface area contributed by atoms with Crippen molar-refractivity contribution in [3.8, 4) is 5.69 Å². The van der Waals surface area contributed by atoms with E-state index in [1.54, 1.807) is 24.0 Å². The molecule has 0 unspecified atom stereocenters. The number of aromatic nitrogens is 2. The smallest absolute Gasteiger partial charge is 0.543 e. The maximum absolute atomic E-state index is 11.8. The molecule has 0 radical (unpaired) electrons. The Hall–Kier alpha value is -2.16. The third-order valence-electron chi connectivity index (χ3n) is 2.81. The van der Waals surface area contributed by atoms with Gasteiger partial charge in [0.2, 0.25) is 0 Å². The Labute approximate surface area is 145 Å². The third-order valence-corrected chi connectivity index (χ3v) is 2.81. The number of hydrogen-bond donors (Lipinski definition) is 2. The fourth-order valence-corrected chi connectivity index (χ4v) is 1.87. The number of carboxylic acids is 2. The third kappa shape index (κ3) is 3.19. The van der Waals surface area contributed by atoms with Crippen LogP contribution in [0.1, 0.15) is 26.4 Å². The Kier molecular flexibility index (Phi) is 5.48. The van der Waals surface area contributed by atoms with Crippen LogP contribution in [-0.4, -0.2) is 26.6 Å². The number of rotatable bonds is 3. The predicted molar refractivity (Wildman–Crippen MR) is 68.7 cm³/mol. The molecule has 0 atom stereocenters. The summed E-state index contributed by atoms with van der Waals surface area (Å²) in [4.78, 5) is 47.4. The van der Waals surface area contributed by atoms with Gasteiger partial charge in [0.25, 0.3) is 5.56 Å². The molecule has 22 heavy (non-hydrogen) atoms. The number of hydrogen-bond acceptors (Lipinski definition) is 5. The van der Waals surface area contributed by atoms with E-state index in [0.29, 0.717) is 4.57 Å². The van der Waals surface area contributed by atoms with Crippen LogP contribution in [0.3, 0.4) is 0 Å². The van der Waals surface area contributed by atoms with Gasteiger partial charge in [-0.2, -0.15) is 0 Å². The van der Waals surface area contributed by atoms with Crippen molar-refractivity contribution in [2.45, 2.75) is 6.92 Å². The second-order valence-corrected chi connectivity index (χ2v) is 4.25. The zero-order chi connectivity index (χ0) is 15.7. The van der Waals surface area contributed by atoms with Crippen LogP contribution in [0.5, 0.6) is 0 Å². The average Bonchev–Trinajstić information content (AvgIpc) is 2.38. The van der Waals surface area contributed by atoms with E-state index in [9.17, 15) is 24.3 Å². The first-order valence-electron chi connectivity index (χ1n) is 5.74. The van der Waals surface area contributed by atoms with Crippen molar-refractivity contribution in [3.63, 3.8) is 0 Å². The van der Waals surface area contributed by atoms with E-state index in [1.165, 1.54) is 12.1 Å². The van der Waals surface area contributed by atoms with E-state index in [4.69, 9.17) is 5.11 Å². The van der Waals surface area contributed by atoms with Gasteiger partial charge in [-0.25, -0.2) is 9.59 Å². The van der Waals surface area contributed by atoms with Crippen molar-refractivity contribution in [1.29, 1.82) is 0 Å². The summed E-state index contributed by atoms with van der Waals surface area (Å²) < 4.78 is 0.583. The van der Waals surface area contributed by atoms with Gasteiger partial charge in [-0.1, -0.05) is 17.7 Å². The largest absolute Gasteiger partial charge is 1.00 e. The van der Waals surface area contributed by atoms with E-state index in [0.717, 1.165) is 5.56 Å². The van der Waals surface area contributed by atoms with E-state index in [2.05, 4.69) is 0 Å². The molecule has 0 aliphatic carbocycles. The molecular weight excluding hydrogens is 303 g/mol. The van der Waals surface area contributed by atoms with Crippen LogP contribution in [0, 0.1) is 6.92 Å². The number of benzene rings is 1. The molecule has 0 amide bonds. The number of aryl methyl sites for hydroxylation is 1. The van der Waals surface area contributed by atoms with Gasteiger partial charge < -0.3 is 15.0 Å². The summed E-state index contributed by atoms with van der Waals surface area (Å²) in [5, 5.41) is 20.2. The Balaban J connectivity index is 0.00000242. The van der Waals surface area contributed by atoms with Crippen LogP contribution in [0.15, 0.2) is 33.9 Å². The van der Waals surface area contributed by atoms with Gasteiger partial charge in [0.15, 0.2) is 5.56 Å². The molecule has 0 spiro atoms.